The Labute approximate surface area is 92.5 Å². The van der Waals surface area contributed by atoms with Crippen LogP contribution in [0.2, 0.25) is 0 Å². The van der Waals surface area contributed by atoms with Gasteiger partial charge in [-0.3, -0.25) is 6.29 Å². The van der Waals surface area contributed by atoms with Crippen LogP contribution in [0.1, 0.15) is 26.7 Å². The Morgan fingerprint density at radius 3 is 2.08 bits per heavy atom. The van der Waals surface area contributed by atoms with Crippen LogP contribution in [0.5, 0.6) is 0 Å². The minimum atomic E-state index is 0. The van der Waals surface area contributed by atoms with Gasteiger partial charge in [0.2, 0.25) is 0 Å². The van der Waals surface area contributed by atoms with Gasteiger partial charge >= 0.3 is 17.1 Å². The maximum atomic E-state index is 10.3. The van der Waals surface area contributed by atoms with Crippen molar-refractivity contribution >= 4 is 6.29 Å². The van der Waals surface area contributed by atoms with Gasteiger partial charge < -0.3 is 17.1 Å². The smallest absolute Gasteiger partial charge is 0.542 e. The van der Waals surface area contributed by atoms with E-state index in [0.29, 0.717) is 6.04 Å². The van der Waals surface area contributed by atoms with E-state index in [1.807, 2.05) is 0 Å². The molecule has 0 spiro atoms. The van der Waals surface area contributed by atoms with Gasteiger partial charge in [0, 0.05) is 6.04 Å². The topological polar surface area (TPSA) is 20.3 Å². The first-order valence-electron chi connectivity index (χ1n) is 4.35. The zero-order valence-corrected chi connectivity index (χ0v) is 9.90. The monoisotopic (exact) mass is 224 g/mol. The molecule has 0 aromatic rings. The molecule has 3 heteroatoms. The molecule has 0 aromatic carbocycles. The number of hydrogen-bond acceptors (Lipinski definition) is 2. The SMILES string of the molecule is CC(C)N1CCC([C-]=O)CC1.[CH3-].[Mn+2]. The summed E-state index contributed by atoms with van der Waals surface area (Å²) in [6.07, 6.45) is 4.09. The van der Waals surface area contributed by atoms with Gasteiger partial charge in [0.1, 0.15) is 0 Å². The van der Waals surface area contributed by atoms with E-state index in [1.165, 1.54) is 0 Å². The van der Waals surface area contributed by atoms with Crippen molar-refractivity contribution in [3.05, 3.63) is 7.43 Å². The van der Waals surface area contributed by atoms with E-state index in [4.69, 9.17) is 0 Å². The molecule has 2 nitrogen and oxygen atoms in total. The van der Waals surface area contributed by atoms with Gasteiger partial charge in [-0.2, -0.15) is 0 Å². The third-order valence-electron chi connectivity index (χ3n) is 2.43. The van der Waals surface area contributed by atoms with Crippen LogP contribution in [-0.2, 0) is 21.9 Å². The van der Waals surface area contributed by atoms with Crippen LogP contribution in [0.4, 0.5) is 0 Å². The quantitative estimate of drug-likeness (QED) is 0.525. The fourth-order valence-corrected chi connectivity index (χ4v) is 1.53. The van der Waals surface area contributed by atoms with Crippen molar-refractivity contribution in [2.45, 2.75) is 32.7 Å². The van der Waals surface area contributed by atoms with E-state index in [2.05, 4.69) is 25.0 Å². The molecule has 0 atom stereocenters. The number of likely N-dealkylation sites (tertiary alicyclic amines) is 1. The zero-order chi connectivity index (χ0) is 8.27. The first-order chi connectivity index (χ1) is 5.24. The summed E-state index contributed by atoms with van der Waals surface area (Å²) in [6, 6.07) is 0.627. The summed E-state index contributed by atoms with van der Waals surface area (Å²) in [5.74, 6) is 0.213. The second-order valence-corrected chi connectivity index (χ2v) is 3.52. The Balaban J connectivity index is 0. The minimum Gasteiger partial charge on any atom is -0.542 e. The molecule has 1 heterocycles. The van der Waals surface area contributed by atoms with Gasteiger partial charge in [-0.25, -0.2) is 0 Å². The number of carbonyl (C=O) groups excluding carboxylic acids is 1. The first-order valence-corrected chi connectivity index (χ1v) is 4.35. The normalized spacial score (nSPS) is 19.0. The summed E-state index contributed by atoms with van der Waals surface area (Å²) in [6.45, 7) is 6.53. The molecule has 77 valence electrons. The summed E-state index contributed by atoms with van der Waals surface area (Å²) in [5.41, 5.74) is 0. The van der Waals surface area contributed by atoms with Crippen molar-refractivity contribution in [2.75, 3.05) is 13.1 Å². The molecule has 1 aliphatic heterocycles. The molecule has 0 bridgehead atoms. The third-order valence-corrected chi connectivity index (χ3v) is 2.43. The number of rotatable bonds is 2. The molecule has 0 aliphatic carbocycles. The van der Waals surface area contributed by atoms with Crippen molar-refractivity contribution in [2.24, 2.45) is 5.92 Å². The van der Waals surface area contributed by atoms with E-state index in [9.17, 15) is 4.79 Å². The standard InChI is InChI=1S/C9H16NO.CH3.Mn/c1-8(2)10-5-3-9(7-11)4-6-10;;/h8-9H,3-6H2,1-2H3;1H3;/q2*-1;+2. The van der Waals surface area contributed by atoms with Crippen LogP contribution < -0.4 is 0 Å². The van der Waals surface area contributed by atoms with Crippen molar-refractivity contribution in [1.82, 2.24) is 4.90 Å². The van der Waals surface area contributed by atoms with Crippen LogP contribution in [0.15, 0.2) is 0 Å². The van der Waals surface area contributed by atoms with E-state index in [1.54, 1.807) is 0 Å². The Kier molecular flexibility index (Phi) is 9.06. The van der Waals surface area contributed by atoms with Gasteiger partial charge in [-0.1, -0.05) is 12.8 Å². The van der Waals surface area contributed by atoms with Gasteiger partial charge in [0.25, 0.3) is 0 Å². The Morgan fingerprint density at radius 1 is 1.31 bits per heavy atom. The Morgan fingerprint density at radius 2 is 1.77 bits per heavy atom. The molecule has 1 radical (unpaired) electrons. The second-order valence-electron chi connectivity index (χ2n) is 3.52. The van der Waals surface area contributed by atoms with Crippen LogP contribution in [-0.4, -0.2) is 30.3 Å². The molecule has 0 N–H and O–H groups in total. The molecular formula is C10H19MnNO. The molecule has 0 aromatic heterocycles. The molecule has 1 aliphatic rings. The zero-order valence-electron chi connectivity index (χ0n) is 8.72. The van der Waals surface area contributed by atoms with Crippen LogP contribution in [0, 0.1) is 13.3 Å². The molecule has 1 saturated heterocycles. The molecule has 1 fully saturated rings. The Bertz CT molecular complexity index is 131. The molecule has 0 amide bonds. The van der Waals surface area contributed by atoms with Crippen molar-refractivity contribution < 1.29 is 21.9 Å². The average Bonchev–Trinajstić information content (AvgIpc) is 2.05. The second kappa shape index (κ2) is 7.54. The maximum absolute atomic E-state index is 10.3. The van der Waals surface area contributed by atoms with E-state index >= 15 is 0 Å². The molecule has 1 rings (SSSR count). The van der Waals surface area contributed by atoms with Crippen molar-refractivity contribution in [1.29, 1.82) is 0 Å². The Hall–Kier alpha value is 0.149. The molecule has 0 saturated carbocycles. The summed E-state index contributed by atoms with van der Waals surface area (Å²) in [5, 5.41) is 0. The maximum Gasteiger partial charge on any atom is 2.00 e. The molecule has 13 heavy (non-hydrogen) atoms. The van der Waals surface area contributed by atoms with E-state index in [0.717, 1.165) is 25.9 Å². The summed E-state index contributed by atoms with van der Waals surface area (Å²) >= 11 is 0. The number of hydrogen-bond donors (Lipinski definition) is 0. The number of nitrogens with zero attached hydrogens (tertiary/aromatic N) is 1. The van der Waals surface area contributed by atoms with Crippen LogP contribution in [0.25, 0.3) is 0 Å². The van der Waals surface area contributed by atoms with Gasteiger partial charge in [0.15, 0.2) is 0 Å². The van der Waals surface area contributed by atoms with Crippen molar-refractivity contribution in [3.63, 3.8) is 0 Å². The summed E-state index contributed by atoms with van der Waals surface area (Å²) < 4.78 is 0. The molecule has 0 unspecified atom stereocenters. The predicted octanol–water partition coefficient (Wildman–Crippen LogP) is 1.66. The van der Waals surface area contributed by atoms with Gasteiger partial charge in [-0.05, 0) is 26.9 Å². The first kappa shape index (κ1) is 15.6. The largest absolute Gasteiger partial charge is 2.00 e. The molecular weight excluding hydrogens is 205 g/mol. The van der Waals surface area contributed by atoms with Gasteiger partial charge in [-0.15, -0.1) is 5.92 Å². The van der Waals surface area contributed by atoms with Crippen LogP contribution in [0.3, 0.4) is 0 Å². The third kappa shape index (κ3) is 4.80. The van der Waals surface area contributed by atoms with Gasteiger partial charge in [0.05, 0.1) is 0 Å². The summed E-state index contributed by atoms with van der Waals surface area (Å²) in [7, 11) is 0. The van der Waals surface area contributed by atoms with E-state index < -0.39 is 0 Å². The van der Waals surface area contributed by atoms with Crippen molar-refractivity contribution in [3.8, 4) is 0 Å². The number of piperidine rings is 1. The van der Waals surface area contributed by atoms with E-state index in [-0.39, 0.29) is 30.4 Å². The van der Waals surface area contributed by atoms with Crippen LogP contribution >= 0.6 is 0 Å². The fraction of sp³-hybridized carbons (Fsp3) is 0.800. The predicted molar refractivity (Wildman–Crippen MR) is 51.5 cm³/mol. The average molecular weight is 224 g/mol. The fourth-order valence-electron chi connectivity index (χ4n) is 1.53. The minimum absolute atomic E-state index is 0. The summed E-state index contributed by atoms with van der Waals surface area (Å²) in [4.78, 5) is 12.7.